The van der Waals surface area contributed by atoms with E-state index in [2.05, 4.69) is 10.3 Å². The fourth-order valence-electron chi connectivity index (χ4n) is 1.85. The van der Waals surface area contributed by atoms with Crippen molar-refractivity contribution in [3.8, 4) is 5.75 Å². The number of hydrogen-bond acceptors (Lipinski definition) is 4. The van der Waals surface area contributed by atoms with Gasteiger partial charge in [0.2, 0.25) is 5.89 Å². The van der Waals surface area contributed by atoms with Crippen molar-refractivity contribution in [2.24, 2.45) is 0 Å². The Hall–Kier alpha value is -1.81. The average Bonchev–Trinajstić information content (AvgIpc) is 2.75. The Bertz CT molecular complexity index is 534. The van der Waals surface area contributed by atoms with Gasteiger partial charge in [0, 0.05) is 11.6 Å². The fourth-order valence-corrected chi connectivity index (χ4v) is 1.85. The molecule has 0 saturated carbocycles. The molecule has 0 aliphatic heterocycles. The van der Waals surface area contributed by atoms with Gasteiger partial charge in [0.15, 0.2) is 0 Å². The number of aromatic nitrogens is 1. The Morgan fingerprint density at radius 2 is 2.17 bits per heavy atom. The van der Waals surface area contributed by atoms with Crippen LogP contribution in [-0.2, 0) is 6.54 Å². The number of aromatic hydroxyl groups is 1. The Labute approximate surface area is 107 Å². The third-order valence-corrected chi connectivity index (χ3v) is 2.88. The van der Waals surface area contributed by atoms with Gasteiger partial charge in [0.1, 0.15) is 11.5 Å². The number of nitrogens with one attached hydrogen (secondary N) is 1. The Balaban J connectivity index is 2.03. The van der Waals surface area contributed by atoms with Gasteiger partial charge in [-0.15, -0.1) is 0 Å². The molecule has 1 unspecified atom stereocenters. The van der Waals surface area contributed by atoms with Gasteiger partial charge in [0.05, 0.1) is 12.7 Å². The van der Waals surface area contributed by atoms with Crippen molar-refractivity contribution >= 4 is 0 Å². The fraction of sp³-hybridized carbons (Fsp3) is 0.357. The summed E-state index contributed by atoms with van der Waals surface area (Å²) in [5, 5.41) is 13.1. The molecular formula is C14H18N2O2. The summed E-state index contributed by atoms with van der Waals surface area (Å²) in [4.78, 5) is 4.13. The van der Waals surface area contributed by atoms with Gasteiger partial charge in [-0.05, 0) is 26.8 Å². The summed E-state index contributed by atoms with van der Waals surface area (Å²) in [6, 6.07) is 5.63. The van der Waals surface area contributed by atoms with Crippen LogP contribution in [0, 0.1) is 13.8 Å². The highest BCUT2D eigenvalue weighted by atomic mass is 16.4. The minimum absolute atomic E-state index is 0.0390. The van der Waals surface area contributed by atoms with E-state index < -0.39 is 0 Å². The van der Waals surface area contributed by atoms with E-state index in [0.717, 1.165) is 16.9 Å². The maximum absolute atomic E-state index is 9.83. The minimum Gasteiger partial charge on any atom is -0.508 e. The van der Waals surface area contributed by atoms with Crippen molar-refractivity contribution in [2.45, 2.75) is 33.4 Å². The molecule has 0 spiro atoms. The lowest BCUT2D eigenvalue weighted by Gasteiger charge is -2.15. The predicted molar refractivity (Wildman–Crippen MR) is 69.3 cm³/mol. The second-order valence-electron chi connectivity index (χ2n) is 4.53. The molecule has 96 valence electrons. The van der Waals surface area contributed by atoms with E-state index in [9.17, 15) is 5.11 Å². The van der Waals surface area contributed by atoms with Crippen molar-refractivity contribution in [1.29, 1.82) is 0 Å². The van der Waals surface area contributed by atoms with Crippen LogP contribution >= 0.6 is 0 Å². The molecule has 18 heavy (non-hydrogen) atoms. The van der Waals surface area contributed by atoms with E-state index in [1.54, 1.807) is 12.3 Å². The van der Waals surface area contributed by atoms with Crippen LogP contribution in [0.5, 0.6) is 5.75 Å². The molecule has 2 N–H and O–H groups in total. The first-order valence-electron chi connectivity index (χ1n) is 6.00. The van der Waals surface area contributed by atoms with Crippen LogP contribution in [0.4, 0.5) is 0 Å². The first-order chi connectivity index (χ1) is 8.56. The van der Waals surface area contributed by atoms with E-state index >= 15 is 0 Å². The quantitative estimate of drug-likeness (QED) is 0.871. The zero-order valence-corrected chi connectivity index (χ0v) is 10.9. The monoisotopic (exact) mass is 246 g/mol. The lowest BCUT2D eigenvalue weighted by Crippen LogP contribution is -2.18. The number of aryl methyl sites for hydroxylation is 2. The van der Waals surface area contributed by atoms with E-state index in [1.165, 1.54) is 0 Å². The molecule has 4 heteroatoms. The van der Waals surface area contributed by atoms with Crippen LogP contribution in [0.15, 0.2) is 28.8 Å². The largest absolute Gasteiger partial charge is 0.508 e. The summed E-state index contributed by atoms with van der Waals surface area (Å²) in [5.41, 5.74) is 2.02. The molecule has 2 rings (SSSR count). The van der Waals surface area contributed by atoms with Gasteiger partial charge in [-0.25, -0.2) is 4.98 Å². The van der Waals surface area contributed by atoms with E-state index in [1.807, 2.05) is 32.9 Å². The topological polar surface area (TPSA) is 58.3 Å². The van der Waals surface area contributed by atoms with Crippen LogP contribution < -0.4 is 5.32 Å². The number of phenols is 1. The summed E-state index contributed by atoms with van der Waals surface area (Å²) < 4.78 is 5.39. The first-order valence-corrected chi connectivity index (χ1v) is 6.00. The summed E-state index contributed by atoms with van der Waals surface area (Å²) in [7, 11) is 0. The molecule has 1 aromatic heterocycles. The highest BCUT2D eigenvalue weighted by Crippen LogP contribution is 2.25. The zero-order chi connectivity index (χ0) is 13.1. The number of rotatable bonds is 4. The summed E-state index contributed by atoms with van der Waals surface area (Å²) >= 11 is 0. The van der Waals surface area contributed by atoms with Gasteiger partial charge in [-0.2, -0.15) is 0 Å². The maximum atomic E-state index is 9.83. The average molecular weight is 246 g/mol. The van der Waals surface area contributed by atoms with E-state index in [0.29, 0.717) is 18.2 Å². The van der Waals surface area contributed by atoms with E-state index in [-0.39, 0.29) is 6.04 Å². The van der Waals surface area contributed by atoms with Crippen LogP contribution in [0.3, 0.4) is 0 Å². The van der Waals surface area contributed by atoms with E-state index in [4.69, 9.17) is 4.42 Å². The smallest absolute Gasteiger partial charge is 0.208 e. The lowest BCUT2D eigenvalue weighted by molar-refractivity contribution is 0.419. The second kappa shape index (κ2) is 5.23. The molecule has 1 heterocycles. The van der Waals surface area contributed by atoms with Gasteiger partial charge >= 0.3 is 0 Å². The molecule has 0 radical (unpaired) electrons. The van der Waals surface area contributed by atoms with Gasteiger partial charge in [-0.3, -0.25) is 0 Å². The molecule has 0 aliphatic rings. The van der Waals surface area contributed by atoms with Crippen LogP contribution in [0.1, 0.15) is 35.7 Å². The van der Waals surface area contributed by atoms with Gasteiger partial charge in [0.25, 0.3) is 0 Å². The first kappa shape index (κ1) is 12.6. The van der Waals surface area contributed by atoms with Gasteiger partial charge in [-0.1, -0.05) is 17.7 Å². The molecule has 0 bridgehead atoms. The van der Waals surface area contributed by atoms with Crippen molar-refractivity contribution in [1.82, 2.24) is 10.3 Å². The van der Waals surface area contributed by atoms with Crippen molar-refractivity contribution < 1.29 is 9.52 Å². The number of benzene rings is 1. The highest BCUT2D eigenvalue weighted by molar-refractivity contribution is 5.37. The normalized spacial score (nSPS) is 12.6. The molecule has 0 amide bonds. The van der Waals surface area contributed by atoms with Crippen LogP contribution in [0.2, 0.25) is 0 Å². The molecule has 1 atom stereocenters. The van der Waals surface area contributed by atoms with Crippen LogP contribution in [0.25, 0.3) is 0 Å². The van der Waals surface area contributed by atoms with Gasteiger partial charge < -0.3 is 14.8 Å². The summed E-state index contributed by atoms with van der Waals surface area (Å²) in [6.45, 7) is 6.42. The summed E-state index contributed by atoms with van der Waals surface area (Å²) in [6.07, 6.45) is 1.70. The zero-order valence-electron chi connectivity index (χ0n) is 10.9. The number of phenolic OH excluding ortho intramolecular Hbond substituents is 1. The molecule has 2 aromatic rings. The molecule has 1 aromatic carbocycles. The van der Waals surface area contributed by atoms with Crippen molar-refractivity contribution in [3.05, 3.63) is 47.2 Å². The Kier molecular flexibility index (Phi) is 3.67. The lowest BCUT2D eigenvalue weighted by atomic mass is 10.0. The maximum Gasteiger partial charge on any atom is 0.208 e. The summed E-state index contributed by atoms with van der Waals surface area (Å²) in [5.74, 6) is 1.77. The molecule has 0 aliphatic carbocycles. The third kappa shape index (κ3) is 2.90. The highest BCUT2D eigenvalue weighted by Gasteiger charge is 2.11. The molecular weight excluding hydrogens is 228 g/mol. The molecule has 0 fully saturated rings. The Morgan fingerprint density at radius 1 is 1.39 bits per heavy atom. The van der Waals surface area contributed by atoms with Crippen LogP contribution in [-0.4, -0.2) is 10.1 Å². The van der Waals surface area contributed by atoms with Crippen molar-refractivity contribution in [2.75, 3.05) is 0 Å². The number of hydrogen-bond donors (Lipinski definition) is 2. The predicted octanol–water partition coefficient (Wildman–Crippen LogP) is 2.85. The standard InChI is InChI=1S/C14H18N2O2/c1-9-4-5-13(17)12(6-9)11(3)15-8-14-16-7-10(2)18-14/h4-7,11,15,17H,8H2,1-3H3. The SMILES string of the molecule is Cc1ccc(O)c(C(C)NCc2ncc(C)o2)c1. The second-order valence-corrected chi connectivity index (χ2v) is 4.53. The third-order valence-electron chi connectivity index (χ3n) is 2.88. The Morgan fingerprint density at radius 3 is 2.83 bits per heavy atom. The molecule has 0 saturated heterocycles. The van der Waals surface area contributed by atoms with Crippen molar-refractivity contribution in [3.63, 3.8) is 0 Å². The number of oxazole rings is 1. The number of nitrogens with zero attached hydrogens (tertiary/aromatic N) is 1. The molecule has 4 nitrogen and oxygen atoms in total. The minimum atomic E-state index is 0.0390.